The van der Waals surface area contributed by atoms with Gasteiger partial charge in [0, 0.05) is 60.5 Å². The summed E-state index contributed by atoms with van der Waals surface area (Å²) in [4.78, 5) is 47.0. The van der Waals surface area contributed by atoms with Crippen LogP contribution in [-0.2, 0) is 30.9 Å². The van der Waals surface area contributed by atoms with Crippen molar-refractivity contribution in [1.82, 2.24) is 25.3 Å². The van der Waals surface area contributed by atoms with Gasteiger partial charge < -0.3 is 81.8 Å². The third-order valence-electron chi connectivity index (χ3n) is 27.2. The molecule has 2 aromatic heterocycles. The second-order valence-corrected chi connectivity index (χ2v) is 30.2. The van der Waals surface area contributed by atoms with Gasteiger partial charge in [0.1, 0.15) is 30.4 Å². The summed E-state index contributed by atoms with van der Waals surface area (Å²) in [5, 5.41) is 116. The summed E-state index contributed by atoms with van der Waals surface area (Å²) in [5.41, 5.74) is 0.580. The van der Waals surface area contributed by atoms with Crippen molar-refractivity contribution in [3.05, 3.63) is 54.0 Å². The highest BCUT2D eigenvalue weighted by molar-refractivity contribution is 5.88. The fourth-order valence-corrected chi connectivity index (χ4v) is 23.5. The van der Waals surface area contributed by atoms with Gasteiger partial charge in [0.15, 0.2) is 6.29 Å². The minimum absolute atomic E-state index is 0.0949. The van der Waals surface area contributed by atoms with Gasteiger partial charge in [0.25, 0.3) is 0 Å². The van der Waals surface area contributed by atoms with E-state index >= 15 is 4.79 Å². The van der Waals surface area contributed by atoms with Gasteiger partial charge in [-0.2, -0.15) is 0 Å². The lowest BCUT2D eigenvalue weighted by molar-refractivity contribution is -0.357. The van der Waals surface area contributed by atoms with Crippen LogP contribution in [0.25, 0.3) is 0 Å². The van der Waals surface area contributed by atoms with E-state index in [2.05, 4.69) is 70.3 Å². The molecule has 0 aromatic carbocycles. The number of allylic oxidation sites excluding steroid dienone is 3. The Kier molecular flexibility index (Phi) is 13.8. The maximum atomic E-state index is 16.1. The Balaban J connectivity index is 1.09. The van der Waals surface area contributed by atoms with Crippen LogP contribution in [0.5, 0.6) is 0 Å². The highest BCUT2D eigenvalue weighted by Crippen LogP contribution is 2.83. The Bertz CT molecular complexity index is 3070. The molecule has 27 atom stereocenters. The average molecular weight is 1180 g/mol. The van der Waals surface area contributed by atoms with Crippen molar-refractivity contribution in [2.45, 2.75) is 185 Å². The number of aromatic amines is 2. The van der Waals surface area contributed by atoms with E-state index in [4.69, 9.17) is 20.2 Å². The van der Waals surface area contributed by atoms with Crippen molar-refractivity contribution < 1.29 is 65.0 Å². The number of aliphatic hydroxyl groups is 8. The van der Waals surface area contributed by atoms with E-state index in [1.54, 1.807) is 12.5 Å². The molecule has 0 radical (unpaired) electrons. The number of ether oxygens (including phenoxy) is 2. The van der Waals surface area contributed by atoms with Crippen LogP contribution in [0.15, 0.2) is 42.7 Å². The number of hydrogen-bond donors (Lipinski definition) is 14. The van der Waals surface area contributed by atoms with Crippen molar-refractivity contribution in [2.75, 3.05) is 31.7 Å². The molecule has 2 saturated heterocycles. The minimum atomic E-state index is -1.72. The molecular weight excluding hydrogens is 1090 g/mol. The summed E-state index contributed by atoms with van der Waals surface area (Å²) in [6.07, 6.45) is 8.61. The summed E-state index contributed by atoms with van der Waals surface area (Å²) < 4.78 is 13.2. The van der Waals surface area contributed by atoms with Gasteiger partial charge in [-0.3, -0.25) is 9.59 Å². The average Bonchev–Trinajstić information content (AvgIpc) is 1.12. The monoisotopic (exact) mass is 1180 g/mol. The molecule has 1 amide bonds. The van der Waals surface area contributed by atoms with E-state index in [0.717, 1.165) is 43.4 Å². The molecule has 464 valence electrons. The predicted molar refractivity (Wildman–Crippen MR) is 307 cm³/mol. The van der Waals surface area contributed by atoms with Crippen molar-refractivity contribution in [2.24, 2.45) is 109 Å². The number of rotatable bonds is 10. The third kappa shape index (κ3) is 7.49. The lowest BCUT2D eigenvalue weighted by Crippen LogP contribution is -2.78. The number of fused-ring (bicyclic) bond motifs is 9. The molecule has 6 saturated carbocycles. The molecule has 0 bridgehead atoms. The molecule has 85 heavy (non-hydrogen) atoms. The molecule has 0 unspecified atom stereocenters. The number of carbonyl (C=O) groups is 2. The molecule has 20 heteroatoms. The van der Waals surface area contributed by atoms with Crippen LogP contribution in [0.2, 0.25) is 0 Å². The Morgan fingerprint density at radius 1 is 0.906 bits per heavy atom. The number of nitrogens with zero attached hydrogens (tertiary/aromatic N) is 2. The molecule has 12 aliphatic rings. The third-order valence-corrected chi connectivity index (χ3v) is 27.2. The van der Waals surface area contributed by atoms with Crippen molar-refractivity contribution >= 4 is 17.7 Å². The van der Waals surface area contributed by atoms with Crippen LogP contribution in [0, 0.1) is 115 Å². The molecule has 8 fully saturated rings. The normalized spacial score (nSPS) is 51.0. The van der Waals surface area contributed by atoms with Crippen LogP contribution < -0.4 is 16.4 Å². The Hall–Kier alpha value is -4.24. The number of imidazole rings is 2. The zero-order valence-electron chi connectivity index (χ0n) is 49.6. The number of hydrogen-bond acceptors (Lipinski definition) is 16. The number of H-pyrrole nitrogens is 2. The maximum absolute atomic E-state index is 16.1. The standard InChI is InChI=1S/C65H91N7O13/c1-58(28-73)19-20-63(57(82)83)38(24-58)36-21-32-12-13-33-11-8-16-62(33)47-35(14-18-64(43-26-67-30-70-43,44(76)23-45(66)77)52(47)72-56(62)81)46-49(79)53(85-55-50(80)48(78)41(75)27-84-55)59(2,29-74)42-15-17-60(3,51(32)65(42,46)34-9-6-5-7-10-34)61(36,4)37-22-40-54(71-31-69-40)68-25-39(37)63/h14,18,21,26,30-35,37-39,41-42,44-53,55,68,73-80H,5-11,15-17,19-20,22-25,27-29,66H2,1-4H3,(H,67,70)(H,69,71)(H,72,81)(H,82,83)/t32-,33-,35+,37+,38-,39-,41+,42+,44+,45-,46-,47+,48-,49+,50+,51-,52+,53+,55-,58-,59-,60+,61-,62+,63+,64+,65+/m0/s1. The molecule has 1 spiro atoms. The maximum Gasteiger partial charge on any atom is 0.310 e. The zero-order valence-corrected chi connectivity index (χ0v) is 49.6. The highest BCUT2D eigenvalue weighted by Gasteiger charge is 2.82. The first-order valence-corrected chi connectivity index (χ1v) is 32.1. The number of aromatic nitrogens is 4. The molecule has 15 N–H and O–H groups in total. The first-order valence-electron chi connectivity index (χ1n) is 32.1. The SMILES string of the molecule is C[C@]1(CO)CC[C@@]2(C(=O)O)[C@@H](C1)C1=C[C@@H]3C#C[C@@H]4CCC[C@@]45C(=O)N[C@@H]4[C@H]5[C@H](C=C[C@@]4(c4cnc[nH]4)[C@H](O)C[C@@H](N)O)[C@H]4[C@@H](O)[C@@H](O[C@@H]5OC[C@@H](O)[C@H](O)[C@H]5O)[C@@](C)(CO)[C@H]5CC[C@](C)([C@H]3[C@@]45C3CCCCC3)[C@]1(C)[C@@H]1Cc3[nH]cnc3NC[C@@H]12. The van der Waals surface area contributed by atoms with Gasteiger partial charge in [-0.25, -0.2) is 9.97 Å². The number of carboxylic acid groups (broad SMARTS) is 1. The zero-order chi connectivity index (χ0) is 59.8. The van der Waals surface area contributed by atoms with Gasteiger partial charge in [0.05, 0.1) is 72.2 Å². The van der Waals surface area contributed by atoms with Gasteiger partial charge >= 0.3 is 5.97 Å². The summed E-state index contributed by atoms with van der Waals surface area (Å²) in [6, 6.07) is -0.857. The summed E-state index contributed by atoms with van der Waals surface area (Å²) >= 11 is 0. The summed E-state index contributed by atoms with van der Waals surface area (Å²) in [5.74, 6) is 2.49. The van der Waals surface area contributed by atoms with Crippen molar-refractivity contribution in [1.29, 1.82) is 0 Å². The number of aliphatic carboxylic acids is 1. The number of anilines is 1. The van der Waals surface area contributed by atoms with Crippen molar-refractivity contribution in [3.63, 3.8) is 0 Å². The first kappa shape index (κ1) is 58.4. The second kappa shape index (κ2) is 20.1. The number of carbonyl (C=O) groups excluding carboxylic acids is 1. The fourth-order valence-electron chi connectivity index (χ4n) is 23.5. The lowest BCUT2D eigenvalue weighted by Gasteiger charge is -2.78. The minimum Gasteiger partial charge on any atom is -0.481 e. The molecule has 9 aliphatic carbocycles. The van der Waals surface area contributed by atoms with Gasteiger partial charge in [-0.15, -0.1) is 0 Å². The number of amides is 1. The molecule has 14 rings (SSSR count). The number of aliphatic hydroxyl groups excluding tert-OH is 8. The fraction of sp³-hybridized carbons (Fsp3) is 0.785. The Morgan fingerprint density at radius 2 is 1.69 bits per heavy atom. The first-order chi connectivity index (χ1) is 40.6. The molecular formula is C65H91N7O13. The Labute approximate surface area is 497 Å². The van der Waals surface area contributed by atoms with Crippen LogP contribution >= 0.6 is 0 Å². The van der Waals surface area contributed by atoms with Crippen LogP contribution in [-0.4, -0.2) is 159 Å². The molecule has 3 aliphatic heterocycles. The van der Waals surface area contributed by atoms with E-state index in [1.807, 2.05) is 13.0 Å². The van der Waals surface area contributed by atoms with E-state index in [-0.39, 0.29) is 49.2 Å². The molecule has 5 heterocycles. The quantitative estimate of drug-likeness (QED) is 0.0703. The van der Waals surface area contributed by atoms with Crippen LogP contribution in [0.4, 0.5) is 5.82 Å². The summed E-state index contributed by atoms with van der Waals surface area (Å²) in [6.45, 7) is 8.45. The second-order valence-electron chi connectivity index (χ2n) is 30.2. The molecule has 2 aromatic rings. The predicted octanol–water partition coefficient (Wildman–Crippen LogP) is 3.26. The van der Waals surface area contributed by atoms with Gasteiger partial charge in [0.2, 0.25) is 5.91 Å². The van der Waals surface area contributed by atoms with E-state index in [0.29, 0.717) is 75.8 Å². The smallest absolute Gasteiger partial charge is 0.310 e. The lowest BCUT2D eigenvalue weighted by atomic mass is 9.25. The van der Waals surface area contributed by atoms with Crippen LogP contribution in [0.3, 0.4) is 0 Å². The van der Waals surface area contributed by atoms with Gasteiger partial charge in [-0.1, -0.05) is 89.0 Å². The van der Waals surface area contributed by atoms with Crippen molar-refractivity contribution in [3.8, 4) is 11.8 Å². The van der Waals surface area contributed by atoms with Gasteiger partial charge in [-0.05, 0) is 127 Å². The Morgan fingerprint density at radius 3 is 2.41 bits per heavy atom. The largest absolute Gasteiger partial charge is 0.481 e. The van der Waals surface area contributed by atoms with E-state index < -0.39 is 153 Å². The highest BCUT2D eigenvalue weighted by atomic mass is 16.7. The topological polar surface area (TPSA) is 342 Å². The molecule has 20 nitrogen and oxygen atoms in total. The van der Waals surface area contributed by atoms with Crippen LogP contribution in [0.1, 0.15) is 129 Å². The number of nitrogens with two attached hydrogens (primary N) is 1. The van der Waals surface area contributed by atoms with E-state index in [1.165, 1.54) is 6.33 Å². The van der Waals surface area contributed by atoms with E-state index in [9.17, 15) is 50.8 Å². The number of carboxylic acids is 1. The number of nitrogens with one attached hydrogen (secondary N) is 4. The summed E-state index contributed by atoms with van der Waals surface area (Å²) in [7, 11) is 0.